The van der Waals surface area contributed by atoms with Crippen LogP contribution in [0.15, 0.2) is 71.6 Å². The van der Waals surface area contributed by atoms with Crippen LogP contribution in [0.3, 0.4) is 0 Å². The number of para-hydroxylation sites is 2. The molecule has 0 unspecified atom stereocenters. The van der Waals surface area contributed by atoms with Gasteiger partial charge in [-0.25, -0.2) is 12.8 Å². The van der Waals surface area contributed by atoms with Crippen molar-refractivity contribution in [3.8, 4) is 5.75 Å². The van der Waals surface area contributed by atoms with E-state index >= 15 is 0 Å². The van der Waals surface area contributed by atoms with Crippen molar-refractivity contribution >= 4 is 38.9 Å². The van der Waals surface area contributed by atoms with Crippen LogP contribution >= 0.6 is 11.6 Å². The molecule has 6 nitrogen and oxygen atoms in total. The van der Waals surface area contributed by atoms with Gasteiger partial charge >= 0.3 is 0 Å². The van der Waals surface area contributed by atoms with Gasteiger partial charge in [0.1, 0.15) is 16.5 Å². The quantitative estimate of drug-likeness (QED) is 0.596. The Kier molecular flexibility index (Phi) is 6.05. The van der Waals surface area contributed by atoms with Gasteiger partial charge in [0.05, 0.1) is 17.8 Å². The zero-order valence-electron chi connectivity index (χ0n) is 15.1. The molecule has 3 aromatic rings. The summed E-state index contributed by atoms with van der Waals surface area (Å²) in [5.74, 6) is -0.578. The number of halogens is 2. The first-order valence-electron chi connectivity index (χ1n) is 8.32. The Labute approximate surface area is 172 Å². The third-order valence-electron chi connectivity index (χ3n) is 3.93. The van der Waals surface area contributed by atoms with Gasteiger partial charge in [0.2, 0.25) is 0 Å². The minimum atomic E-state index is -4.11. The van der Waals surface area contributed by atoms with E-state index in [1.807, 2.05) is 0 Å². The number of carbonyl (C=O) groups is 1. The highest BCUT2D eigenvalue weighted by Crippen LogP contribution is 2.27. The largest absolute Gasteiger partial charge is 0.495 e. The number of hydrogen-bond acceptors (Lipinski definition) is 4. The highest BCUT2D eigenvalue weighted by atomic mass is 35.5. The van der Waals surface area contributed by atoms with Gasteiger partial charge in [-0.1, -0.05) is 23.7 Å². The molecule has 0 bridgehead atoms. The maximum Gasteiger partial charge on any atom is 0.263 e. The van der Waals surface area contributed by atoms with E-state index in [0.29, 0.717) is 11.4 Å². The van der Waals surface area contributed by atoms with Crippen LogP contribution < -0.4 is 14.8 Å². The lowest BCUT2D eigenvalue weighted by Crippen LogP contribution is -2.16. The van der Waals surface area contributed by atoms with E-state index in [1.165, 1.54) is 37.4 Å². The molecule has 0 atom stereocenters. The number of benzene rings is 3. The molecule has 0 aliphatic heterocycles. The molecule has 1 amide bonds. The van der Waals surface area contributed by atoms with Gasteiger partial charge in [0, 0.05) is 11.3 Å². The number of amides is 1. The molecule has 0 aliphatic carbocycles. The van der Waals surface area contributed by atoms with Crippen LogP contribution in [0.4, 0.5) is 15.8 Å². The maximum atomic E-state index is 13.0. The summed E-state index contributed by atoms with van der Waals surface area (Å²) in [5.41, 5.74) is 0.676. The fraction of sp³-hybridized carbons (Fsp3) is 0.0500. The molecule has 0 radical (unpaired) electrons. The molecular formula is C20H16ClFN2O4S. The van der Waals surface area contributed by atoms with Gasteiger partial charge in [-0.05, 0) is 54.6 Å². The summed E-state index contributed by atoms with van der Waals surface area (Å²) < 4.78 is 45.9. The first-order valence-corrected chi connectivity index (χ1v) is 10.2. The van der Waals surface area contributed by atoms with Crippen molar-refractivity contribution < 1.29 is 22.3 Å². The van der Waals surface area contributed by atoms with Gasteiger partial charge < -0.3 is 10.1 Å². The van der Waals surface area contributed by atoms with Crippen LogP contribution in [-0.2, 0) is 10.0 Å². The molecule has 0 saturated heterocycles. The molecule has 0 aliphatic rings. The number of sulfonamides is 1. The van der Waals surface area contributed by atoms with Crippen molar-refractivity contribution in [2.24, 2.45) is 0 Å². The minimum Gasteiger partial charge on any atom is -0.495 e. The monoisotopic (exact) mass is 434 g/mol. The maximum absolute atomic E-state index is 13.0. The molecule has 0 spiro atoms. The Morgan fingerprint density at radius 3 is 2.41 bits per heavy atom. The minimum absolute atomic E-state index is 0.0616. The molecular weight excluding hydrogens is 419 g/mol. The first kappa shape index (κ1) is 20.6. The summed E-state index contributed by atoms with van der Waals surface area (Å²) in [5, 5.41) is 2.61. The lowest BCUT2D eigenvalue weighted by molar-refractivity contribution is 0.102. The van der Waals surface area contributed by atoms with E-state index in [4.69, 9.17) is 16.3 Å². The van der Waals surface area contributed by atoms with E-state index in [2.05, 4.69) is 10.0 Å². The summed E-state index contributed by atoms with van der Waals surface area (Å²) in [7, 11) is -2.64. The van der Waals surface area contributed by atoms with Crippen LogP contribution in [0.5, 0.6) is 5.75 Å². The van der Waals surface area contributed by atoms with Crippen LogP contribution in [0.2, 0.25) is 5.02 Å². The zero-order valence-corrected chi connectivity index (χ0v) is 16.7. The Morgan fingerprint density at radius 1 is 1.03 bits per heavy atom. The predicted molar refractivity (Wildman–Crippen MR) is 110 cm³/mol. The van der Waals surface area contributed by atoms with Crippen LogP contribution in [0, 0.1) is 5.82 Å². The summed E-state index contributed by atoms with van der Waals surface area (Å²) in [6.45, 7) is 0. The number of carbonyl (C=O) groups excluding carboxylic acids is 1. The van der Waals surface area contributed by atoms with Crippen molar-refractivity contribution in [2.75, 3.05) is 17.1 Å². The summed E-state index contributed by atoms with van der Waals surface area (Å²) in [6, 6.07) is 15.5. The third-order valence-corrected chi connectivity index (χ3v) is 5.80. The van der Waals surface area contributed by atoms with Crippen molar-refractivity contribution in [1.29, 1.82) is 0 Å². The molecule has 3 rings (SSSR count). The van der Waals surface area contributed by atoms with Crippen molar-refractivity contribution in [1.82, 2.24) is 0 Å². The molecule has 0 aromatic heterocycles. The predicted octanol–water partition coefficient (Wildman–Crippen LogP) is 4.54. The van der Waals surface area contributed by atoms with Gasteiger partial charge in [0.15, 0.2) is 0 Å². The lowest BCUT2D eigenvalue weighted by atomic mass is 10.2. The average Bonchev–Trinajstić information content (AvgIpc) is 2.70. The lowest BCUT2D eigenvalue weighted by Gasteiger charge is -2.12. The van der Waals surface area contributed by atoms with E-state index in [1.54, 1.807) is 24.3 Å². The van der Waals surface area contributed by atoms with Crippen molar-refractivity contribution in [3.05, 3.63) is 83.1 Å². The molecule has 3 aromatic carbocycles. The second kappa shape index (κ2) is 8.50. The van der Waals surface area contributed by atoms with E-state index in [9.17, 15) is 17.6 Å². The summed E-state index contributed by atoms with van der Waals surface area (Å²) >= 11 is 6.05. The second-order valence-corrected chi connectivity index (χ2v) is 7.97. The van der Waals surface area contributed by atoms with E-state index in [0.717, 1.165) is 12.1 Å². The van der Waals surface area contributed by atoms with E-state index in [-0.39, 0.29) is 21.2 Å². The van der Waals surface area contributed by atoms with Crippen LogP contribution in [0.1, 0.15) is 10.4 Å². The number of nitrogens with one attached hydrogen (secondary N) is 2. The Balaban J connectivity index is 1.89. The molecule has 0 heterocycles. The standard InChI is InChI=1S/C20H16ClFN2O4S/c1-28-18-5-3-2-4-17(18)23-20(25)13-6-11-16(21)19(12-13)29(26,27)24-15-9-7-14(22)8-10-15/h2-12,24H,1H3,(H,23,25). The fourth-order valence-electron chi connectivity index (χ4n) is 2.52. The molecule has 0 saturated carbocycles. The topological polar surface area (TPSA) is 84.5 Å². The van der Waals surface area contributed by atoms with E-state index < -0.39 is 21.7 Å². The SMILES string of the molecule is COc1ccccc1NC(=O)c1ccc(Cl)c(S(=O)(=O)Nc2ccc(F)cc2)c1. The van der Waals surface area contributed by atoms with Gasteiger partial charge in [-0.2, -0.15) is 0 Å². The highest BCUT2D eigenvalue weighted by molar-refractivity contribution is 7.92. The Bertz CT molecular complexity index is 1150. The number of rotatable bonds is 6. The number of hydrogen-bond donors (Lipinski definition) is 2. The number of methoxy groups -OCH3 is 1. The number of anilines is 2. The van der Waals surface area contributed by atoms with Crippen LogP contribution in [0.25, 0.3) is 0 Å². The fourth-order valence-corrected chi connectivity index (χ4v) is 4.11. The Morgan fingerprint density at radius 2 is 1.72 bits per heavy atom. The molecule has 0 fully saturated rings. The van der Waals surface area contributed by atoms with Gasteiger partial charge in [-0.3, -0.25) is 9.52 Å². The highest BCUT2D eigenvalue weighted by Gasteiger charge is 2.21. The molecule has 29 heavy (non-hydrogen) atoms. The van der Waals surface area contributed by atoms with Crippen LogP contribution in [-0.4, -0.2) is 21.4 Å². The number of ether oxygens (including phenoxy) is 1. The van der Waals surface area contributed by atoms with Crippen molar-refractivity contribution in [2.45, 2.75) is 4.90 Å². The summed E-state index contributed by atoms with van der Waals surface area (Å²) in [6.07, 6.45) is 0. The molecule has 9 heteroatoms. The third kappa shape index (κ3) is 4.85. The molecule has 2 N–H and O–H groups in total. The second-order valence-electron chi connectivity index (χ2n) is 5.91. The zero-order chi connectivity index (χ0) is 21.0. The first-order chi connectivity index (χ1) is 13.8. The summed E-state index contributed by atoms with van der Waals surface area (Å²) in [4.78, 5) is 12.3. The normalized spacial score (nSPS) is 11.0. The van der Waals surface area contributed by atoms with Gasteiger partial charge in [0.25, 0.3) is 15.9 Å². The van der Waals surface area contributed by atoms with Crippen molar-refractivity contribution in [3.63, 3.8) is 0 Å². The molecule has 150 valence electrons. The average molecular weight is 435 g/mol. The van der Waals surface area contributed by atoms with Gasteiger partial charge in [-0.15, -0.1) is 0 Å². The Hall–Kier alpha value is -3.10. The smallest absolute Gasteiger partial charge is 0.263 e.